The highest BCUT2D eigenvalue weighted by Crippen LogP contribution is 2.28. The fraction of sp³-hybridized carbons (Fsp3) is 0.458. The molecule has 166 valence electrons. The summed E-state index contributed by atoms with van der Waals surface area (Å²) in [5.74, 6) is -0.201. The van der Waals surface area contributed by atoms with E-state index < -0.39 is 16.1 Å². The molecule has 2 aliphatic heterocycles. The average Bonchev–Trinajstić information content (AvgIpc) is 3.48. The Morgan fingerprint density at radius 1 is 1.00 bits per heavy atom. The molecule has 7 heteroatoms. The minimum absolute atomic E-state index is 0.104. The van der Waals surface area contributed by atoms with Crippen LogP contribution in [0.5, 0.6) is 0 Å². The molecule has 2 atom stereocenters. The van der Waals surface area contributed by atoms with Crippen LogP contribution in [0.1, 0.15) is 42.9 Å². The Bertz CT molecular complexity index is 986. The summed E-state index contributed by atoms with van der Waals surface area (Å²) in [7, 11) is -3.68. The van der Waals surface area contributed by atoms with Gasteiger partial charge >= 0.3 is 0 Å². The highest BCUT2D eigenvalue weighted by atomic mass is 32.2. The second kappa shape index (κ2) is 9.51. The van der Waals surface area contributed by atoms with Gasteiger partial charge in [0.05, 0.1) is 10.9 Å². The normalized spacial score (nSPS) is 21.3. The van der Waals surface area contributed by atoms with Crippen molar-refractivity contribution in [2.24, 2.45) is 0 Å². The van der Waals surface area contributed by atoms with Gasteiger partial charge in [-0.3, -0.25) is 9.69 Å². The standard InChI is InChI=1S/C24H31N3O3S/c1-19-11-13-20(14-12-19)23(26-15-5-6-16-26)18-25-24(28)22-10-7-17-27(22)31(29,30)21-8-3-2-4-9-21/h2-4,8-9,11-14,22-23H,5-7,10,15-18H2,1H3,(H,25,28). The van der Waals surface area contributed by atoms with E-state index in [0.29, 0.717) is 25.9 Å². The molecule has 0 spiro atoms. The smallest absolute Gasteiger partial charge is 0.243 e. The molecule has 2 aliphatic rings. The fourth-order valence-corrected chi connectivity index (χ4v) is 6.31. The number of nitrogens with one attached hydrogen (secondary N) is 1. The lowest BCUT2D eigenvalue weighted by Crippen LogP contribution is -2.47. The van der Waals surface area contributed by atoms with Gasteiger partial charge < -0.3 is 5.32 Å². The van der Waals surface area contributed by atoms with Gasteiger partial charge in [-0.05, 0) is 63.4 Å². The monoisotopic (exact) mass is 441 g/mol. The summed E-state index contributed by atoms with van der Waals surface area (Å²) in [6.07, 6.45) is 3.58. The molecule has 1 amide bonds. The maximum atomic E-state index is 13.1. The molecule has 2 unspecified atom stereocenters. The third kappa shape index (κ3) is 4.84. The van der Waals surface area contributed by atoms with E-state index in [9.17, 15) is 13.2 Å². The van der Waals surface area contributed by atoms with E-state index in [1.807, 2.05) is 0 Å². The maximum absolute atomic E-state index is 13.1. The molecule has 2 aromatic carbocycles. The molecule has 4 rings (SSSR count). The number of hydrogen-bond donors (Lipinski definition) is 1. The van der Waals surface area contributed by atoms with Crippen LogP contribution >= 0.6 is 0 Å². The first-order valence-electron chi connectivity index (χ1n) is 11.1. The zero-order chi connectivity index (χ0) is 21.8. The largest absolute Gasteiger partial charge is 0.353 e. The topological polar surface area (TPSA) is 69.7 Å². The molecule has 2 heterocycles. The van der Waals surface area contributed by atoms with Crippen LogP contribution in [0.2, 0.25) is 0 Å². The second-order valence-corrected chi connectivity index (χ2v) is 10.4. The summed E-state index contributed by atoms with van der Waals surface area (Å²) in [6.45, 7) is 4.97. The van der Waals surface area contributed by atoms with Crippen LogP contribution in [-0.2, 0) is 14.8 Å². The zero-order valence-corrected chi connectivity index (χ0v) is 18.9. The van der Waals surface area contributed by atoms with Crippen LogP contribution in [0.25, 0.3) is 0 Å². The Hall–Kier alpha value is -2.22. The number of nitrogens with zero attached hydrogens (tertiary/aromatic N) is 2. The number of carbonyl (C=O) groups excluding carboxylic acids is 1. The molecule has 6 nitrogen and oxygen atoms in total. The van der Waals surface area contributed by atoms with E-state index in [4.69, 9.17) is 0 Å². The first-order valence-corrected chi connectivity index (χ1v) is 12.6. The average molecular weight is 442 g/mol. The van der Waals surface area contributed by atoms with Gasteiger partial charge in [0.25, 0.3) is 0 Å². The van der Waals surface area contributed by atoms with Crippen molar-refractivity contribution in [3.05, 3.63) is 65.7 Å². The van der Waals surface area contributed by atoms with E-state index >= 15 is 0 Å². The molecule has 2 fully saturated rings. The van der Waals surface area contributed by atoms with Crippen LogP contribution in [0.15, 0.2) is 59.5 Å². The number of likely N-dealkylation sites (tertiary alicyclic amines) is 1. The molecule has 0 aromatic heterocycles. The molecule has 0 aliphatic carbocycles. The number of hydrogen-bond acceptors (Lipinski definition) is 4. The lowest BCUT2D eigenvalue weighted by molar-refractivity contribution is -0.124. The van der Waals surface area contributed by atoms with Crippen molar-refractivity contribution in [3.8, 4) is 0 Å². The quantitative estimate of drug-likeness (QED) is 0.717. The first kappa shape index (κ1) is 22.0. The number of benzene rings is 2. The van der Waals surface area contributed by atoms with Gasteiger partial charge in [0.15, 0.2) is 0 Å². The summed E-state index contributed by atoms with van der Waals surface area (Å²) in [4.78, 5) is 15.8. The van der Waals surface area contributed by atoms with Crippen molar-refractivity contribution in [3.63, 3.8) is 0 Å². The molecular weight excluding hydrogens is 410 g/mol. The zero-order valence-electron chi connectivity index (χ0n) is 18.0. The van der Waals surface area contributed by atoms with Gasteiger partial charge in [0.1, 0.15) is 6.04 Å². The molecule has 0 saturated carbocycles. The van der Waals surface area contributed by atoms with Gasteiger partial charge in [-0.15, -0.1) is 0 Å². The van der Waals surface area contributed by atoms with Crippen LogP contribution in [0.3, 0.4) is 0 Å². The third-order valence-electron chi connectivity index (χ3n) is 6.37. The minimum atomic E-state index is -3.68. The lowest BCUT2D eigenvalue weighted by atomic mass is 10.0. The molecule has 2 saturated heterocycles. The maximum Gasteiger partial charge on any atom is 0.243 e. The van der Waals surface area contributed by atoms with Gasteiger partial charge in [-0.2, -0.15) is 4.31 Å². The van der Waals surface area contributed by atoms with E-state index in [2.05, 4.69) is 41.4 Å². The predicted octanol–water partition coefficient (Wildman–Crippen LogP) is 3.10. The van der Waals surface area contributed by atoms with E-state index in [1.54, 1.807) is 30.3 Å². The van der Waals surface area contributed by atoms with Gasteiger partial charge in [0, 0.05) is 13.1 Å². The highest BCUT2D eigenvalue weighted by molar-refractivity contribution is 7.89. The van der Waals surface area contributed by atoms with E-state index in [0.717, 1.165) is 13.1 Å². The first-order chi connectivity index (χ1) is 15.0. The van der Waals surface area contributed by atoms with Gasteiger partial charge in [-0.1, -0.05) is 48.0 Å². The van der Waals surface area contributed by atoms with Crippen molar-refractivity contribution in [1.82, 2.24) is 14.5 Å². The van der Waals surface area contributed by atoms with Crippen molar-refractivity contribution < 1.29 is 13.2 Å². The van der Waals surface area contributed by atoms with Crippen LogP contribution in [0, 0.1) is 6.92 Å². The number of sulfonamides is 1. The van der Waals surface area contributed by atoms with Crippen molar-refractivity contribution in [1.29, 1.82) is 0 Å². The summed E-state index contributed by atoms with van der Waals surface area (Å²) < 4.78 is 27.5. The summed E-state index contributed by atoms with van der Waals surface area (Å²) in [5.41, 5.74) is 2.40. The van der Waals surface area contributed by atoms with Crippen molar-refractivity contribution in [2.45, 2.75) is 49.6 Å². The molecular formula is C24H31N3O3S. The summed E-state index contributed by atoms with van der Waals surface area (Å²) >= 11 is 0. The SMILES string of the molecule is Cc1ccc(C(CNC(=O)C2CCCN2S(=O)(=O)c2ccccc2)N2CCCC2)cc1. The molecule has 0 radical (unpaired) electrons. The predicted molar refractivity (Wildman–Crippen MR) is 121 cm³/mol. The van der Waals surface area contributed by atoms with Crippen molar-refractivity contribution >= 4 is 15.9 Å². The molecule has 0 bridgehead atoms. The van der Waals surface area contributed by atoms with E-state index in [1.165, 1.54) is 28.3 Å². The Morgan fingerprint density at radius 3 is 2.35 bits per heavy atom. The third-order valence-corrected chi connectivity index (χ3v) is 8.29. The number of aryl methyl sites for hydroxylation is 1. The minimum Gasteiger partial charge on any atom is -0.353 e. The summed E-state index contributed by atoms with van der Waals surface area (Å²) in [5, 5.41) is 3.08. The van der Waals surface area contributed by atoms with Crippen molar-refractivity contribution in [2.75, 3.05) is 26.2 Å². The summed E-state index contributed by atoms with van der Waals surface area (Å²) in [6, 6.07) is 16.3. The number of amides is 1. The Morgan fingerprint density at radius 2 is 1.68 bits per heavy atom. The van der Waals surface area contributed by atoms with Crippen LogP contribution in [0.4, 0.5) is 0 Å². The number of rotatable bonds is 7. The highest BCUT2D eigenvalue weighted by Gasteiger charge is 2.39. The van der Waals surface area contributed by atoms with Gasteiger partial charge in [0.2, 0.25) is 15.9 Å². The molecule has 1 N–H and O–H groups in total. The van der Waals surface area contributed by atoms with Crippen LogP contribution < -0.4 is 5.32 Å². The van der Waals surface area contributed by atoms with Crippen LogP contribution in [-0.4, -0.2) is 55.8 Å². The Balaban J connectivity index is 1.47. The number of carbonyl (C=O) groups is 1. The second-order valence-electron chi connectivity index (χ2n) is 8.50. The Kier molecular flexibility index (Phi) is 6.74. The molecule has 31 heavy (non-hydrogen) atoms. The lowest BCUT2D eigenvalue weighted by Gasteiger charge is -2.30. The van der Waals surface area contributed by atoms with Gasteiger partial charge in [-0.25, -0.2) is 8.42 Å². The fourth-order valence-electron chi connectivity index (χ4n) is 4.63. The Labute approximate surface area is 185 Å². The van der Waals surface area contributed by atoms with E-state index in [-0.39, 0.29) is 16.8 Å². The molecule has 2 aromatic rings.